The third-order valence-electron chi connectivity index (χ3n) is 4.23. The van der Waals surface area contributed by atoms with Gasteiger partial charge in [0.2, 0.25) is 0 Å². The molecule has 5 nitrogen and oxygen atoms in total. The number of methoxy groups -OCH3 is 2. The van der Waals surface area contributed by atoms with Crippen molar-refractivity contribution in [2.45, 2.75) is 13.0 Å². The predicted molar refractivity (Wildman–Crippen MR) is 103 cm³/mol. The lowest BCUT2D eigenvalue weighted by molar-refractivity contribution is -0.134. The Morgan fingerprint density at radius 1 is 1.12 bits per heavy atom. The first-order valence-corrected chi connectivity index (χ1v) is 9.08. The molecule has 0 aromatic heterocycles. The zero-order valence-corrected chi connectivity index (χ0v) is 16.4. The van der Waals surface area contributed by atoms with E-state index in [2.05, 4.69) is 22.6 Å². The van der Waals surface area contributed by atoms with Crippen LogP contribution in [0.4, 0.5) is 0 Å². The molecular formula is C19H20INO4. The molecule has 1 aliphatic heterocycles. The summed E-state index contributed by atoms with van der Waals surface area (Å²) in [4.78, 5) is 14.3. The SMILES string of the molecule is COc1cc2c(cc1OC)CN(C(=O)COc1cccc(I)c1)CC2. The quantitative estimate of drug-likeness (QED) is 0.653. The predicted octanol–water partition coefficient (Wildman–Crippen LogP) is 3.27. The van der Waals surface area contributed by atoms with Crippen LogP contribution in [0.15, 0.2) is 36.4 Å². The average molecular weight is 453 g/mol. The van der Waals surface area contributed by atoms with Gasteiger partial charge in [-0.1, -0.05) is 6.07 Å². The lowest BCUT2D eigenvalue weighted by Crippen LogP contribution is -2.38. The van der Waals surface area contributed by atoms with Gasteiger partial charge in [-0.2, -0.15) is 0 Å². The number of carbonyl (C=O) groups excluding carboxylic acids is 1. The average Bonchev–Trinajstić information content (AvgIpc) is 2.64. The van der Waals surface area contributed by atoms with Gasteiger partial charge in [-0.3, -0.25) is 4.79 Å². The Morgan fingerprint density at radius 3 is 2.52 bits per heavy atom. The highest BCUT2D eigenvalue weighted by atomic mass is 127. The molecule has 2 aromatic carbocycles. The molecule has 0 N–H and O–H groups in total. The molecule has 0 fully saturated rings. The van der Waals surface area contributed by atoms with Crippen LogP contribution in [0.2, 0.25) is 0 Å². The van der Waals surface area contributed by atoms with Crippen LogP contribution in [-0.2, 0) is 17.8 Å². The standard InChI is InChI=1S/C19H20INO4/c1-23-17-8-13-6-7-21(11-14(13)9-18(17)24-2)19(22)12-25-16-5-3-4-15(20)10-16/h3-5,8-10H,6-7,11-12H2,1-2H3. The molecule has 1 heterocycles. The van der Waals surface area contributed by atoms with E-state index in [4.69, 9.17) is 14.2 Å². The molecule has 1 amide bonds. The molecule has 0 spiro atoms. The van der Waals surface area contributed by atoms with E-state index < -0.39 is 0 Å². The van der Waals surface area contributed by atoms with Gasteiger partial charge in [0, 0.05) is 16.7 Å². The van der Waals surface area contributed by atoms with Crippen molar-refractivity contribution in [1.29, 1.82) is 0 Å². The molecule has 3 rings (SSSR count). The number of carbonyl (C=O) groups is 1. The maximum absolute atomic E-state index is 12.5. The van der Waals surface area contributed by atoms with Gasteiger partial charge in [0.1, 0.15) is 5.75 Å². The van der Waals surface area contributed by atoms with Crippen molar-refractivity contribution >= 4 is 28.5 Å². The molecule has 0 unspecified atom stereocenters. The van der Waals surface area contributed by atoms with Crippen LogP contribution in [0.1, 0.15) is 11.1 Å². The summed E-state index contributed by atoms with van der Waals surface area (Å²) in [6.45, 7) is 1.28. The summed E-state index contributed by atoms with van der Waals surface area (Å²) in [5, 5.41) is 0. The van der Waals surface area contributed by atoms with Crippen LogP contribution in [0, 0.1) is 3.57 Å². The van der Waals surface area contributed by atoms with Crippen molar-refractivity contribution in [3.63, 3.8) is 0 Å². The third-order valence-corrected chi connectivity index (χ3v) is 4.90. The van der Waals surface area contributed by atoms with E-state index in [1.165, 1.54) is 5.56 Å². The second kappa shape index (κ2) is 7.95. The molecule has 0 saturated heterocycles. The monoisotopic (exact) mass is 453 g/mol. The number of ether oxygens (including phenoxy) is 3. The van der Waals surface area contributed by atoms with E-state index in [1.807, 2.05) is 41.3 Å². The Kier molecular flexibility index (Phi) is 5.67. The normalized spacial score (nSPS) is 13.2. The highest BCUT2D eigenvalue weighted by Crippen LogP contribution is 2.33. The summed E-state index contributed by atoms with van der Waals surface area (Å²) < 4.78 is 17.4. The second-order valence-corrected chi connectivity index (χ2v) is 7.03. The van der Waals surface area contributed by atoms with Crippen molar-refractivity contribution in [3.05, 3.63) is 51.1 Å². The Labute approximate surface area is 161 Å². The Hall–Kier alpha value is -1.96. The molecule has 132 valence electrons. The first-order valence-electron chi connectivity index (χ1n) is 8.00. The number of benzene rings is 2. The minimum Gasteiger partial charge on any atom is -0.493 e. The molecule has 2 aromatic rings. The van der Waals surface area contributed by atoms with Crippen molar-refractivity contribution in [2.75, 3.05) is 27.4 Å². The Balaban J connectivity index is 1.66. The van der Waals surface area contributed by atoms with E-state index in [1.54, 1.807) is 14.2 Å². The van der Waals surface area contributed by atoms with Gasteiger partial charge in [-0.15, -0.1) is 0 Å². The maximum atomic E-state index is 12.5. The Morgan fingerprint density at radius 2 is 1.84 bits per heavy atom. The van der Waals surface area contributed by atoms with Crippen molar-refractivity contribution in [2.24, 2.45) is 0 Å². The highest BCUT2D eigenvalue weighted by Gasteiger charge is 2.23. The van der Waals surface area contributed by atoms with Gasteiger partial charge < -0.3 is 19.1 Å². The fourth-order valence-electron chi connectivity index (χ4n) is 2.89. The zero-order valence-electron chi connectivity index (χ0n) is 14.3. The molecule has 1 aliphatic rings. The van der Waals surface area contributed by atoms with E-state index in [9.17, 15) is 4.79 Å². The van der Waals surface area contributed by atoms with Crippen LogP contribution >= 0.6 is 22.6 Å². The lowest BCUT2D eigenvalue weighted by Gasteiger charge is -2.29. The molecule has 0 radical (unpaired) electrons. The molecule has 0 atom stereocenters. The summed E-state index contributed by atoms with van der Waals surface area (Å²) in [7, 11) is 3.25. The van der Waals surface area contributed by atoms with E-state index in [0.29, 0.717) is 24.6 Å². The third kappa shape index (κ3) is 4.18. The zero-order chi connectivity index (χ0) is 17.8. The number of amides is 1. The highest BCUT2D eigenvalue weighted by molar-refractivity contribution is 14.1. The minimum absolute atomic E-state index is 0.0145. The number of hydrogen-bond acceptors (Lipinski definition) is 4. The van der Waals surface area contributed by atoms with Gasteiger partial charge in [0.25, 0.3) is 5.91 Å². The van der Waals surface area contributed by atoms with Crippen LogP contribution in [0.3, 0.4) is 0 Å². The van der Waals surface area contributed by atoms with Crippen LogP contribution in [-0.4, -0.2) is 38.2 Å². The Bertz CT molecular complexity index is 778. The minimum atomic E-state index is -0.0145. The van der Waals surface area contributed by atoms with Crippen LogP contribution < -0.4 is 14.2 Å². The maximum Gasteiger partial charge on any atom is 0.260 e. The van der Waals surface area contributed by atoms with Gasteiger partial charge in [-0.05, 0) is 70.5 Å². The number of halogens is 1. The summed E-state index contributed by atoms with van der Waals surface area (Å²) in [6, 6.07) is 11.6. The van der Waals surface area contributed by atoms with Gasteiger partial charge >= 0.3 is 0 Å². The fraction of sp³-hybridized carbons (Fsp3) is 0.316. The van der Waals surface area contributed by atoms with E-state index >= 15 is 0 Å². The summed E-state index contributed by atoms with van der Waals surface area (Å²) in [5.74, 6) is 2.11. The van der Waals surface area contributed by atoms with E-state index in [-0.39, 0.29) is 12.5 Å². The molecule has 0 bridgehead atoms. The summed E-state index contributed by atoms with van der Waals surface area (Å²) >= 11 is 2.22. The van der Waals surface area contributed by atoms with Crippen LogP contribution in [0.5, 0.6) is 17.2 Å². The topological polar surface area (TPSA) is 48.0 Å². The van der Waals surface area contributed by atoms with Crippen molar-refractivity contribution in [3.8, 4) is 17.2 Å². The number of nitrogens with zero attached hydrogens (tertiary/aromatic N) is 1. The second-order valence-electron chi connectivity index (χ2n) is 5.79. The first-order chi connectivity index (χ1) is 12.1. The lowest BCUT2D eigenvalue weighted by atomic mass is 9.99. The molecule has 0 aliphatic carbocycles. The first kappa shape index (κ1) is 17.8. The molecule has 6 heteroatoms. The van der Waals surface area contributed by atoms with Crippen molar-refractivity contribution < 1.29 is 19.0 Å². The number of fused-ring (bicyclic) bond motifs is 1. The largest absolute Gasteiger partial charge is 0.493 e. The number of hydrogen-bond donors (Lipinski definition) is 0. The molecule has 0 saturated carbocycles. The van der Waals surface area contributed by atoms with Gasteiger partial charge in [0.05, 0.1) is 14.2 Å². The van der Waals surface area contributed by atoms with E-state index in [0.717, 1.165) is 21.3 Å². The summed E-state index contributed by atoms with van der Waals surface area (Å²) in [5.41, 5.74) is 2.28. The molecular weight excluding hydrogens is 433 g/mol. The molecule has 25 heavy (non-hydrogen) atoms. The van der Waals surface area contributed by atoms with Gasteiger partial charge in [-0.25, -0.2) is 0 Å². The van der Waals surface area contributed by atoms with Gasteiger partial charge in [0.15, 0.2) is 18.1 Å². The smallest absolute Gasteiger partial charge is 0.260 e. The fourth-order valence-corrected chi connectivity index (χ4v) is 3.40. The van der Waals surface area contributed by atoms with Crippen LogP contribution in [0.25, 0.3) is 0 Å². The van der Waals surface area contributed by atoms with Crippen molar-refractivity contribution in [1.82, 2.24) is 4.90 Å². The summed E-state index contributed by atoms with van der Waals surface area (Å²) in [6.07, 6.45) is 0.796. The number of rotatable bonds is 5.